The first-order chi connectivity index (χ1) is 15.3. The average Bonchev–Trinajstić information content (AvgIpc) is 3.40. The molecule has 0 bridgehead atoms. The largest absolute Gasteiger partial charge is 0.454 e. The molecule has 2 N–H and O–H groups in total. The van der Waals surface area contributed by atoms with Crippen LogP contribution in [0.5, 0.6) is 11.5 Å². The Hall–Kier alpha value is -3.69. The number of hydrogen-bond acceptors (Lipinski definition) is 5. The van der Waals surface area contributed by atoms with Gasteiger partial charge in [-0.25, -0.2) is 4.68 Å². The molecule has 3 heterocycles. The summed E-state index contributed by atoms with van der Waals surface area (Å²) in [5.74, 6) is 0.585. The Kier molecular flexibility index (Phi) is 4.72. The van der Waals surface area contributed by atoms with Crippen molar-refractivity contribution in [3.8, 4) is 11.5 Å². The fourth-order valence-corrected chi connectivity index (χ4v) is 3.93. The molecule has 10 heteroatoms. The number of carbonyl (C=O) groups excluding carboxylic acids is 1. The molecule has 166 valence electrons. The summed E-state index contributed by atoms with van der Waals surface area (Å²) >= 11 is 0. The van der Waals surface area contributed by atoms with Crippen LogP contribution in [0.3, 0.4) is 0 Å². The quantitative estimate of drug-likeness (QED) is 0.605. The summed E-state index contributed by atoms with van der Waals surface area (Å²) in [4.78, 5) is 12.7. The molecule has 0 fully saturated rings. The van der Waals surface area contributed by atoms with E-state index >= 15 is 0 Å². The number of para-hydroxylation sites is 1. The van der Waals surface area contributed by atoms with Crippen molar-refractivity contribution >= 4 is 17.4 Å². The van der Waals surface area contributed by atoms with Gasteiger partial charge in [-0.2, -0.15) is 18.3 Å². The van der Waals surface area contributed by atoms with Crippen LogP contribution in [0.1, 0.15) is 40.1 Å². The number of fused-ring (bicyclic) bond motifs is 2. The van der Waals surface area contributed by atoms with E-state index in [1.165, 1.54) is 6.07 Å². The van der Waals surface area contributed by atoms with Gasteiger partial charge in [-0.3, -0.25) is 4.79 Å². The lowest BCUT2D eigenvalue weighted by Crippen LogP contribution is -2.35. The smallest absolute Gasteiger partial charge is 0.410 e. The number of aryl methyl sites for hydroxylation is 1. The number of alkyl halides is 3. The molecule has 2 atom stereocenters. The van der Waals surface area contributed by atoms with E-state index in [4.69, 9.17) is 9.47 Å². The lowest BCUT2D eigenvalue weighted by molar-refractivity contribution is -0.173. The molecule has 2 aromatic carbocycles. The first-order valence-electron chi connectivity index (χ1n) is 9.99. The molecule has 0 radical (unpaired) electrons. The number of ether oxygens (including phenoxy) is 2. The standard InChI is InChI=1S/C22H19F3N4O3/c1-12-4-2-3-5-14(12)27-21(30)16-10-20-26-15(9-19(22(23,24)25)29(20)28-16)13-6-7-17-18(8-13)32-11-31-17/h2-8,10,15,19,26H,9,11H2,1H3,(H,27,30)/t15-,19-/m0/s1. The van der Waals surface area contributed by atoms with E-state index in [0.717, 1.165) is 10.2 Å². The fourth-order valence-electron chi connectivity index (χ4n) is 3.93. The number of aromatic nitrogens is 2. The second-order valence-corrected chi connectivity index (χ2v) is 7.73. The number of carbonyl (C=O) groups is 1. The monoisotopic (exact) mass is 444 g/mol. The Bertz CT molecular complexity index is 1190. The van der Waals surface area contributed by atoms with Gasteiger partial charge in [0.1, 0.15) is 5.82 Å². The molecular formula is C22H19F3N4O3. The normalized spacial score (nSPS) is 19.2. The van der Waals surface area contributed by atoms with Crippen LogP contribution >= 0.6 is 0 Å². The van der Waals surface area contributed by atoms with Crippen LogP contribution in [0, 0.1) is 6.92 Å². The minimum Gasteiger partial charge on any atom is -0.454 e. The number of benzene rings is 2. The van der Waals surface area contributed by atoms with Crippen LogP contribution in [0.2, 0.25) is 0 Å². The van der Waals surface area contributed by atoms with E-state index in [1.807, 2.05) is 19.1 Å². The number of hydrogen-bond donors (Lipinski definition) is 2. The summed E-state index contributed by atoms with van der Waals surface area (Å²) in [5.41, 5.74) is 1.93. The summed E-state index contributed by atoms with van der Waals surface area (Å²) in [6.07, 6.45) is -4.82. The van der Waals surface area contributed by atoms with Gasteiger partial charge >= 0.3 is 6.18 Å². The highest BCUT2D eigenvalue weighted by Crippen LogP contribution is 2.45. The summed E-state index contributed by atoms with van der Waals surface area (Å²) in [6, 6.07) is 11.0. The van der Waals surface area contributed by atoms with Gasteiger partial charge < -0.3 is 20.1 Å². The van der Waals surface area contributed by atoms with Crippen LogP contribution in [0.25, 0.3) is 0 Å². The molecule has 0 saturated heterocycles. The van der Waals surface area contributed by atoms with Crippen molar-refractivity contribution in [1.82, 2.24) is 9.78 Å². The third-order valence-electron chi connectivity index (χ3n) is 5.61. The number of halogens is 3. The van der Waals surface area contributed by atoms with Crippen LogP contribution in [-0.2, 0) is 0 Å². The molecule has 0 aliphatic carbocycles. The van der Waals surface area contributed by atoms with Crippen LogP contribution in [-0.4, -0.2) is 28.7 Å². The zero-order chi connectivity index (χ0) is 22.5. The van der Waals surface area contributed by atoms with Crippen LogP contribution < -0.4 is 20.1 Å². The molecule has 0 saturated carbocycles. The number of amides is 1. The van der Waals surface area contributed by atoms with Crippen molar-refractivity contribution in [1.29, 1.82) is 0 Å². The van der Waals surface area contributed by atoms with Crippen molar-refractivity contribution < 1.29 is 27.4 Å². The summed E-state index contributed by atoms with van der Waals surface area (Å²) < 4.78 is 53.2. The highest BCUT2D eigenvalue weighted by Gasteiger charge is 2.47. The second kappa shape index (κ2) is 7.47. The van der Waals surface area contributed by atoms with Crippen LogP contribution in [0.4, 0.5) is 24.7 Å². The third-order valence-corrected chi connectivity index (χ3v) is 5.61. The predicted molar refractivity (Wildman–Crippen MR) is 110 cm³/mol. The molecule has 3 aromatic rings. The lowest BCUT2D eigenvalue weighted by atomic mass is 9.96. The first-order valence-corrected chi connectivity index (χ1v) is 9.99. The minimum absolute atomic E-state index is 0.0776. The van der Waals surface area contributed by atoms with Crippen molar-refractivity contribution in [3.05, 3.63) is 65.4 Å². The van der Waals surface area contributed by atoms with Crippen molar-refractivity contribution in [2.24, 2.45) is 0 Å². The molecule has 1 aromatic heterocycles. The molecule has 7 nitrogen and oxygen atoms in total. The summed E-state index contributed by atoms with van der Waals surface area (Å²) in [7, 11) is 0. The molecule has 1 amide bonds. The third kappa shape index (κ3) is 3.61. The van der Waals surface area contributed by atoms with Crippen molar-refractivity contribution in [3.63, 3.8) is 0 Å². The van der Waals surface area contributed by atoms with E-state index in [2.05, 4.69) is 15.7 Å². The molecule has 0 spiro atoms. The highest BCUT2D eigenvalue weighted by molar-refractivity contribution is 6.03. The van der Waals surface area contributed by atoms with Gasteiger partial charge in [0.25, 0.3) is 5.91 Å². The zero-order valence-corrected chi connectivity index (χ0v) is 16.9. The van der Waals surface area contributed by atoms with E-state index in [9.17, 15) is 18.0 Å². The van der Waals surface area contributed by atoms with Gasteiger partial charge in [0, 0.05) is 18.2 Å². The fraction of sp³-hybridized carbons (Fsp3) is 0.273. The van der Waals surface area contributed by atoms with Gasteiger partial charge in [-0.1, -0.05) is 24.3 Å². The Morgan fingerprint density at radius 3 is 2.72 bits per heavy atom. The Morgan fingerprint density at radius 2 is 1.94 bits per heavy atom. The summed E-state index contributed by atoms with van der Waals surface area (Å²) in [6.45, 7) is 1.90. The SMILES string of the molecule is Cc1ccccc1NC(=O)c1cc2n(n1)[C@H](C(F)(F)F)C[C@@H](c1ccc3c(c1)OCO3)N2. The molecule has 32 heavy (non-hydrogen) atoms. The van der Waals surface area contributed by atoms with Gasteiger partial charge in [-0.15, -0.1) is 0 Å². The highest BCUT2D eigenvalue weighted by atomic mass is 19.4. The molecule has 0 unspecified atom stereocenters. The average molecular weight is 444 g/mol. The molecule has 2 aliphatic rings. The van der Waals surface area contributed by atoms with Crippen molar-refractivity contribution in [2.45, 2.75) is 31.6 Å². The molecular weight excluding hydrogens is 425 g/mol. The Labute approximate surface area is 181 Å². The van der Waals surface area contributed by atoms with Crippen molar-refractivity contribution in [2.75, 3.05) is 17.4 Å². The minimum atomic E-state index is -4.54. The maximum absolute atomic E-state index is 13.9. The Balaban J connectivity index is 1.46. The topological polar surface area (TPSA) is 77.4 Å². The maximum Gasteiger partial charge on any atom is 0.410 e. The molecule has 5 rings (SSSR count). The Morgan fingerprint density at radius 1 is 1.16 bits per heavy atom. The molecule has 2 aliphatic heterocycles. The number of nitrogens with zero attached hydrogens (tertiary/aromatic N) is 2. The van der Waals surface area contributed by atoms with E-state index in [-0.39, 0.29) is 24.7 Å². The van der Waals surface area contributed by atoms with Gasteiger partial charge in [-0.05, 0) is 36.2 Å². The first kappa shape index (κ1) is 20.2. The van der Waals surface area contributed by atoms with E-state index < -0.39 is 24.2 Å². The van der Waals surface area contributed by atoms with Gasteiger partial charge in [0.05, 0.1) is 6.04 Å². The van der Waals surface area contributed by atoms with E-state index in [1.54, 1.807) is 30.3 Å². The lowest BCUT2D eigenvalue weighted by Gasteiger charge is -2.33. The van der Waals surface area contributed by atoms with Gasteiger partial charge in [0.15, 0.2) is 23.2 Å². The van der Waals surface area contributed by atoms with Gasteiger partial charge in [0.2, 0.25) is 6.79 Å². The second-order valence-electron chi connectivity index (χ2n) is 7.73. The van der Waals surface area contributed by atoms with Crippen LogP contribution in [0.15, 0.2) is 48.5 Å². The predicted octanol–water partition coefficient (Wildman–Crippen LogP) is 4.83. The van der Waals surface area contributed by atoms with E-state index in [0.29, 0.717) is 22.7 Å². The summed E-state index contributed by atoms with van der Waals surface area (Å²) in [5, 5.41) is 9.78. The number of anilines is 2. The number of nitrogens with one attached hydrogen (secondary N) is 2. The number of rotatable bonds is 3. The maximum atomic E-state index is 13.9. The zero-order valence-electron chi connectivity index (χ0n) is 16.9.